The molecule has 1 aromatic heterocycles. The van der Waals surface area contributed by atoms with E-state index in [4.69, 9.17) is 4.42 Å². The second kappa shape index (κ2) is 8.58. The van der Waals surface area contributed by atoms with Gasteiger partial charge in [0.25, 0.3) is 11.8 Å². The molecule has 0 spiro atoms. The van der Waals surface area contributed by atoms with Gasteiger partial charge < -0.3 is 19.5 Å². The molecule has 7 nitrogen and oxygen atoms in total. The molecule has 1 N–H and O–H groups in total. The number of hydrogen-bond donors (Lipinski definition) is 1. The lowest BCUT2D eigenvalue weighted by atomic mass is 10.1. The van der Waals surface area contributed by atoms with E-state index in [1.165, 1.54) is 0 Å². The molecule has 3 amide bonds. The van der Waals surface area contributed by atoms with Crippen molar-refractivity contribution < 1.29 is 18.8 Å². The first-order valence-corrected chi connectivity index (χ1v) is 11.1. The van der Waals surface area contributed by atoms with Crippen molar-refractivity contribution >= 4 is 23.4 Å². The van der Waals surface area contributed by atoms with E-state index in [9.17, 15) is 14.4 Å². The molecule has 0 aliphatic carbocycles. The summed E-state index contributed by atoms with van der Waals surface area (Å²) in [5, 5.41) is 2.85. The Kier molecular flexibility index (Phi) is 5.46. The van der Waals surface area contributed by atoms with Crippen LogP contribution in [0.5, 0.6) is 0 Å². The van der Waals surface area contributed by atoms with Crippen molar-refractivity contribution in [1.82, 2.24) is 10.2 Å². The van der Waals surface area contributed by atoms with Gasteiger partial charge in [-0.25, -0.2) is 0 Å². The predicted octanol–water partition coefficient (Wildman–Crippen LogP) is 3.67. The van der Waals surface area contributed by atoms with Gasteiger partial charge in [-0.3, -0.25) is 14.4 Å². The van der Waals surface area contributed by atoms with Crippen molar-refractivity contribution in [2.75, 3.05) is 11.4 Å². The van der Waals surface area contributed by atoms with Crippen molar-refractivity contribution in [3.8, 4) is 0 Å². The summed E-state index contributed by atoms with van der Waals surface area (Å²) < 4.78 is 5.48. The zero-order valence-corrected chi connectivity index (χ0v) is 18.4. The number of aryl methyl sites for hydroxylation is 1. The van der Waals surface area contributed by atoms with Gasteiger partial charge in [0.05, 0.1) is 24.3 Å². The molecule has 2 aromatic carbocycles. The minimum absolute atomic E-state index is 0.0543. The van der Waals surface area contributed by atoms with Crippen LogP contribution in [0.1, 0.15) is 50.6 Å². The number of carbonyl (C=O) groups excluding carboxylic acids is 3. The van der Waals surface area contributed by atoms with Gasteiger partial charge in [-0.15, -0.1) is 0 Å². The minimum atomic E-state index is -0.416. The number of anilines is 1. The number of carbonyl (C=O) groups is 3. The fourth-order valence-electron chi connectivity index (χ4n) is 4.57. The van der Waals surface area contributed by atoms with Gasteiger partial charge in [-0.05, 0) is 61.7 Å². The Morgan fingerprint density at radius 2 is 1.85 bits per heavy atom. The zero-order valence-electron chi connectivity index (χ0n) is 18.4. The first-order chi connectivity index (χ1) is 16.0. The molecule has 3 aromatic rings. The molecule has 0 radical (unpaired) electrons. The summed E-state index contributed by atoms with van der Waals surface area (Å²) in [6, 6.07) is 17.8. The molecule has 2 aliphatic heterocycles. The standard InChI is InChI=1S/C26H25N3O4/c1-17-8-13-20(33-17)15-27-24(30)19-11-9-18(10-12-19)16-29-22-6-3-2-5-21(22)25(31)28-14-4-7-23(28)26(29)32/h2-3,5-6,8-13,23H,4,7,14-16H2,1H3,(H,27,30). The van der Waals surface area contributed by atoms with E-state index in [1.807, 2.05) is 49.4 Å². The molecule has 33 heavy (non-hydrogen) atoms. The summed E-state index contributed by atoms with van der Waals surface area (Å²) in [6.45, 7) is 3.12. The molecule has 5 rings (SSSR count). The molecular weight excluding hydrogens is 418 g/mol. The van der Waals surface area contributed by atoms with Crippen LogP contribution in [0.15, 0.2) is 65.1 Å². The number of benzene rings is 2. The van der Waals surface area contributed by atoms with Gasteiger partial charge in [-0.1, -0.05) is 24.3 Å². The van der Waals surface area contributed by atoms with E-state index < -0.39 is 6.04 Å². The fourth-order valence-corrected chi connectivity index (χ4v) is 4.57. The average Bonchev–Trinajstić information content (AvgIpc) is 3.48. The second-order valence-electron chi connectivity index (χ2n) is 8.49. The normalized spacial score (nSPS) is 17.5. The summed E-state index contributed by atoms with van der Waals surface area (Å²) in [7, 11) is 0. The van der Waals surface area contributed by atoms with Crippen LogP contribution in [0, 0.1) is 6.92 Å². The lowest BCUT2D eigenvalue weighted by molar-refractivity contribution is -0.122. The number of hydrogen-bond acceptors (Lipinski definition) is 4. The third-order valence-corrected chi connectivity index (χ3v) is 6.27. The Bertz CT molecular complexity index is 1210. The van der Waals surface area contributed by atoms with E-state index >= 15 is 0 Å². The van der Waals surface area contributed by atoms with Gasteiger partial charge in [0.15, 0.2) is 0 Å². The Labute approximate surface area is 192 Å². The monoisotopic (exact) mass is 443 g/mol. The van der Waals surface area contributed by atoms with Crippen LogP contribution in [0.2, 0.25) is 0 Å². The highest BCUT2D eigenvalue weighted by Gasteiger charge is 2.41. The van der Waals surface area contributed by atoms with Crippen LogP contribution in [0.4, 0.5) is 5.69 Å². The van der Waals surface area contributed by atoms with Gasteiger partial charge in [0.1, 0.15) is 17.6 Å². The molecule has 1 fully saturated rings. The number of rotatable bonds is 5. The molecule has 168 valence electrons. The quantitative estimate of drug-likeness (QED) is 0.652. The van der Waals surface area contributed by atoms with E-state index in [1.54, 1.807) is 28.0 Å². The Morgan fingerprint density at radius 1 is 1.06 bits per heavy atom. The van der Waals surface area contributed by atoms with E-state index in [-0.39, 0.29) is 17.7 Å². The summed E-state index contributed by atoms with van der Waals surface area (Å²) in [6.07, 6.45) is 1.52. The highest BCUT2D eigenvalue weighted by Crippen LogP contribution is 2.33. The number of para-hydroxylation sites is 1. The molecule has 3 heterocycles. The van der Waals surface area contributed by atoms with Gasteiger partial charge in [0.2, 0.25) is 5.91 Å². The Hall–Kier alpha value is -3.87. The predicted molar refractivity (Wildman–Crippen MR) is 123 cm³/mol. The number of fused-ring (bicyclic) bond motifs is 2. The molecule has 0 bridgehead atoms. The lowest BCUT2D eigenvalue weighted by Crippen LogP contribution is -2.44. The summed E-state index contributed by atoms with van der Waals surface area (Å²) in [5.41, 5.74) is 2.61. The molecule has 0 saturated carbocycles. The smallest absolute Gasteiger partial charge is 0.256 e. The van der Waals surface area contributed by atoms with Crippen LogP contribution in [-0.4, -0.2) is 35.2 Å². The van der Waals surface area contributed by atoms with E-state index in [0.29, 0.717) is 48.6 Å². The van der Waals surface area contributed by atoms with Gasteiger partial charge >= 0.3 is 0 Å². The molecule has 1 unspecified atom stereocenters. The lowest BCUT2D eigenvalue weighted by Gasteiger charge is -2.26. The maximum absolute atomic E-state index is 13.4. The topological polar surface area (TPSA) is 82.9 Å². The largest absolute Gasteiger partial charge is 0.465 e. The summed E-state index contributed by atoms with van der Waals surface area (Å²) >= 11 is 0. The van der Waals surface area contributed by atoms with Crippen molar-refractivity contribution in [2.24, 2.45) is 0 Å². The van der Waals surface area contributed by atoms with Crippen molar-refractivity contribution in [3.05, 3.63) is 88.9 Å². The Morgan fingerprint density at radius 3 is 2.61 bits per heavy atom. The molecule has 2 aliphatic rings. The van der Waals surface area contributed by atoms with Crippen LogP contribution in [0.25, 0.3) is 0 Å². The number of nitrogens with zero attached hydrogens (tertiary/aromatic N) is 2. The zero-order chi connectivity index (χ0) is 22.9. The summed E-state index contributed by atoms with van der Waals surface area (Å²) in [5.74, 6) is 1.17. The van der Waals surface area contributed by atoms with Gasteiger partial charge in [-0.2, -0.15) is 0 Å². The molecule has 1 saturated heterocycles. The molecule has 7 heteroatoms. The second-order valence-corrected chi connectivity index (χ2v) is 8.49. The van der Waals surface area contributed by atoms with Crippen molar-refractivity contribution in [2.45, 2.75) is 38.9 Å². The first-order valence-electron chi connectivity index (χ1n) is 11.1. The van der Waals surface area contributed by atoms with Crippen LogP contribution in [0.3, 0.4) is 0 Å². The van der Waals surface area contributed by atoms with Crippen molar-refractivity contribution in [3.63, 3.8) is 0 Å². The van der Waals surface area contributed by atoms with Crippen LogP contribution < -0.4 is 10.2 Å². The third kappa shape index (κ3) is 4.02. The van der Waals surface area contributed by atoms with Crippen LogP contribution in [-0.2, 0) is 17.9 Å². The summed E-state index contributed by atoms with van der Waals surface area (Å²) in [4.78, 5) is 42.3. The maximum atomic E-state index is 13.4. The first kappa shape index (κ1) is 21.0. The number of amides is 3. The fraction of sp³-hybridized carbons (Fsp3) is 0.269. The van der Waals surface area contributed by atoms with Gasteiger partial charge in [0, 0.05) is 12.1 Å². The number of nitrogens with one attached hydrogen (secondary N) is 1. The molecule has 1 atom stereocenters. The van der Waals surface area contributed by atoms with Crippen molar-refractivity contribution in [1.29, 1.82) is 0 Å². The van der Waals surface area contributed by atoms with Crippen LogP contribution >= 0.6 is 0 Å². The number of furan rings is 1. The SMILES string of the molecule is Cc1ccc(CNC(=O)c2ccc(CN3C(=O)C4CCCN4C(=O)c4ccccc43)cc2)o1. The van der Waals surface area contributed by atoms with E-state index in [0.717, 1.165) is 17.7 Å². The average molecular weight is 444 g/mol. The highest BCUT2D eigenvalue weighted by atomic mass is 16.3. The highest BCUT2D eigenvalue weighted by molar-refractivity contribution is 6.11. The minimum Gasteiger partial charge on any atom is -0.465 e. The Balaban J connectivity index is 1.34. The molecular formula is C26H25N3O4. The third-order valence-electron chi connectivity index (χ3n) is 6.27. The maximum Gasteiger partial charge on any atom is 0.256 e. The van der Waals surface area contributed by atoms with E-state index in [2.05, 4.69) is 5.32 Å².